The summed E-state index contributed by atoms with van der Waals surface area (Å²) in [4.78, 5) is 23.7. The van der Waals surface area contributed by atoms with Crippen molar-refractivity contribution >= 4 is 17.9 Å². The van der Waals surface area contributed by atoms with Gasteiger partial charge in [0.05, 0.1) is 7.11 Å². The van der Waals surface area contributed by atoms with Crippen LogP contribution in [0.1, 0.15) is 18.1 Å². The van der Waals surface area contributed by atoms with E-state index in [0.29, 0.717) is 6.54 Å². The molecular weight excluding hydrogens is 304 g/mol. The van der Waals surface area contributed by atoms with E-state index < -0.39 is 0 Å². The number of ether oxygens (including phenoxy) is 1. The van der Waals surface area contributed by atoms with Crippen molar-refractivity contribution in [3.05, 3.63) is 71.4 Å². The van der Waals surface area contributed by atoms with E-state index in [1.807, 2.05) is 54.6 Å². The molecule has 2 rings (SSSR count). The normalized spacial score (nSPS) is 10.8. The second-order valence-corrected chi connectivity index (χ2v) is 5.18. The van der Waals surface area contributed by atoms with Gasteiger partial charge in [-0.3, -0.25) is 9.59 Å². The van der Waals surface area contributed by atoms with Crippen LogP contribution >= 0.6 is 0 Å². The lowest BCUT2D eigenvalue weighted by molar-refractivity contribution is -0.122. The predicted octanol–water partition coefficient (Wildman–Crippen LogP) is 2.49. The minimum atomic E-state index is -0.350. The highest BCUT2D eigenvalue weighted by atomic mass is 16.5. The molecule has 0 fully saturated rings. The first-order chi connectivity index (χ1) is 11.6. The predicted molar refractivity (Wildman–Crippen MR) is 93.1 cm³/mol. The van der Waals surface area contributed by atoms with E-state index in [9.17, 15) is 9.59 Å². The molecule has 0 heterocycles. The number of hydrogen-bond donors (Lipinski definition) is 2. The van der Waals surface area contributed by atoms with Crippen LogP contribution in [0.2, 0.25) is 0 Å². The van der Waals surface area contributed by atoms with Gasteiger partial charge >= 0.3 is 0 Å². The van der Waals surface area contributed by atoms with Crippen LogP contribution in [0.4, 0.5) is 0 Å². The minimum Gasteiger partial charge on any atom is -0.497 e. The number of nitrogens with one attached hydrogen (secondary N) is 2. The molecule has 2 aromatic carbocycles. The van der Waals surface area contributed by atoms with Gasteiger partial charge in [-0.25, -0.2) is 0 Å². The Morgan fingerprint density at radius 1 is 1.08 bits per heavy atom. The summed E-state index contributed by atoms with van der Waals surface area (Å²) in [6.07, 6.45) is 1.64. The number of carbonyl (C=O) groups is 2. The molecule has 5 heteroatoms. The van der Waals surface area contributed by atoms with Crippen LogP contribution in [0.5, 0.6) is 5.75 Å². The third-order valence-electron chi connectivity index (χ3n) is 3.25. The minimum absolute atomic E-state index is 0.205. The summed E-state index contributed by atoms with van der Waals surface area (Å²) in [5.74, 6) is 0.0780. The van der Waals surface area contributed by atoms with Crippen molar-refractivity contribution in [3.8, 4) is 5.75 Å². The number of hydrogen-bond acceptors (Lipinski definition) is 3. The van der Waals surface area contributed by atoms with Gasteiger partial charge in [-0.2, -0.15) is 0 Å². The SMILES string of the molecule is COc1cccc(CNC(=O)/C(=C/c2ccccc2)NC(C)=O)c1. The Bertz CT molecular complexity index is 739. The summed E-state index contributed by atoms with van der Waals surface area (Å²) in [6, 6.07) is 16.8. The van der Waals surface area contributed by atoms with Gasteiger partial charge in [0.1, 0.15) is 11.4 Å². The van der Waals surface area contributed by atoms with E-state index in [4.69, 9.17) is 4.74 Å². The van der Waals surface area contributed by atoms with Gasteiger partial charge in [-0.05, 0) is 29.3 Å². The van der Waals surface area contributed by atoms with E-state index >= 15 is 0 Å². The number of carbonyl (C=O) groups excluding carboxylic acids is 2. The maximum atomic E-state index is 12.4. The second-order valence-electron chi connectivity index (χ2n) is 5.18. The fraction of sp³-hybridized carbons (Fsp3) is 0.158. The van der Waals surface area contributed by atoms with Crippen LogP contribution in [-0.4, -0.2) is 18.9 Å². The maximum Gasteiger partial charge on any atom is 0.268 e. The van der Waals surface area contributed by atoms with Crippen LogP contribution in [0, 0.1) is 0 Å². The maximum absolute atomic E-state index is 12.4. The van der Waals surface area contributed by atoms with Crippen molar-refractivity contribution in [2.24, 2.45) is 0 Å². The molecule has 24 heavy (non-hydrogen) atoms. The molecule has 0 bridgehead atoms. The molecule has 2 N–H and O–H groups in total. The van der Waals surface area contributed by atoms with Gasteiger partial charge in [0.2, 0.25) is 5.91 Å². The number of amides is 2. The zero-order valence-electron chi connectivity index (χ0n) is 13.7. The summed E-state index contributed by atoms with van der Waals surface area (Å²) in [5, 5.41) is 5.37. The Balaban J connectivity index is 2.10. The summed E-state index contributed by atoms with van der Waals surface area (Å²) >= 11 is 0. The van der Waals surface area contributed by atoms with Gasteiger partial charge in [-0.1, -0.05) is 42.5 Å². The molecule has 0 radical (unpaired) electrons. The molecule has 124 valence electrons. The molecule has 0 aromatic heterocycles. The van der Waals surface area contributed by atoms with Gasteiger partial charge in [0.25, 0.3) is 5.91 Å². The Labute approximate surface area is 141 Å². The first-order valence-electron chi connectivity index (χ1n) is 7.54. The van der Waals surface area contributed by atoms with Gasteiger partial charge in [0, 0.05) is 13.5 Å². The molecule has 5 nitrogen and oxygen atoms in total. The topological polar surface area (TPSA) is 67.4 Å². The van der Waals surface area contributed by atoms with Crippen LogP contribution in [0.15, 0.2) is 60.3 Å². The highest BCUT2D eigenvalue weighted by Gasteiger charge is 2.11. The highest BCUT2D eigenvalue weighted by Crippen LogP contribution is 2.12. The monoisotopic (exact) mass is 324 g/mol. The standard InChI is InChI=1S/C19H20N2O3/c1-14(22)21-18(12-15-7-4-3-5-8-15)19(23)20-13-16-9-6-10-17(11-16)24-2/h3-12H,13H2,1-2H3,(H,20,23)(H,21,22)/b18-12-. The largest absolute Gasteiger partial charge is 0.497 e. The van der Waals surface area contributed by atoms with E-state index in [2.05, 4.69) is 10.6 Å². The fourth-order valence-electron chi connectivity index (χ4n) is 2.12. The summed E-state index contributed by atoms with van der Waals surface area (Å²) in [7, 11) is 1.59. The van der Waals surface area contributed by atoms with Gasteiger partial charge in [-0.15, -0.1) is 0 Å². The summed E-state index contributed by atoms with van der Waals surface area (Å²) in [5.41, 5.74) is 1.94. The lowest BCUT2D eigenvalue weighted by Gasteiger charge is -2.10. The van der Waals surface area contributed by atoms with Crippen molar-refractivity contribution in [1.82, 2.24) is 10.6 Å². The number of methoxy groups -OCH3 is 1. The Morgan fingerprint density at radius 3 is 2.50 bits per heavy atom. The lowest BCUT2D eigenvalue weighted by atomic mass is 10.1. The quantitative estimate of drug-likeness (QED) is 0.802. The molecule has 0 aliphatic rings. The van der Waals surface area contributed by atoms with Crippen LogP contribution < -0.4 is 15.4 Å². The average Bonchev–Trinajstić information content (AvgIpc) is 2.60. The zero-order valence-corrected chi connectivity index (χ0v) is 13.7. The van der Waals surface area contributed by atoms with Crippen molar-refractivity contribution in [2.45, 2.75) is 13.5 Å². The highest BCUT2D eigenvalue weighted by molar-refractivity contribution is 6.00. The second kappa shape index (κ2) is 8.53. The number of rotatable bonds is 6. The summed E-state index contributed by atoms with van der Waals surface area (Å²) in [6.45, 7) is 1.70. The van der Waals surface area contributed by atoms with Crippen molar-refractivity contribution in [2.75, 3.05) is 7.11 Å². The van der Waals surface area contributed by atoms with E-state index in [-0.39, 0.29) is 17.5 Å². The van der Waals surface area contributed by atoms with E-state index in [1.54, 1.807) is 13.2 Å². The van der Waals surface area contributed by atoms with Gasteiger partial charge < -0.3 is 15.4 Å². The van der Waals surface area contributed by atoms with Crippen molar-refractivity contribution < 1.29 is 14.3 Å². The molecule has 2 aromatic rings. The summed E-state index contributed by atoms with van der Waals surface area (Å²) < 4.78 is 5.16. The van der Waals surface area contributed by atoms with Gasteiger partial charge in [0.15, 0.2) is 0 Å². The average molecular weight is 324 g/mol. The molecule has 0 saturated carbocycles. The third kappa shape index (κ3) is 5.28. The molecule has 2 amide bonds. The Morgan fingerprint density at radius 2 is 1.83 bits per heavy atom. The molecule has 0 aliphatic heterocycles. The first-order valence-corrected chi connectivity index (χ1v) is 7.54. The molecular formula is C19H20N2O3. The molecule has 0 saturated heterocycles. The van der Waals surface area contributed by atoms with Crippen LogP contribution in [0.3, 0.4) is 0 Å². The molecule has 0 unspecified atom stereocenters. The Hall–Kier alpha value is -3.08. The smallest absolute Gasteiger partial charge is 0.268 e. The van der Waals surface area contributed by atoms with Crippen LogP contribution in [-0.2, 0) is 16.1 Å². The Kier molecular flexibility index (Phi) is 6.14. The van der Waals surface area contributed by atoms with Crippen molar-refractivity contribution in [1.29, 1.82) is 0 Å². The lowest BCUT2D eigenvalue weighted by Crippen LogP contribution is -2.33. The molecule has 0 spiro atoms. The zero-order chi connectivity index (χ0) is 17.4. The third-order valence-corrected chi connectivity index (χ3v) is 3.25. The van der Waals surface area contributed by atoms with E-state index in [0.717, 1.165) is 16.9 Å². The van der Waals surface area contributed by atoms with Crippen LogP contribution in [0.25, 0.3) is 6.08 Å². The first kappa shape index (κ1) is 17.3. The van der Waals surface area contributed by atoms with Crippen molar-refractivity contribution in [3.63, 3.8) is 0 Å². The molecule has 0 aliphatic carbocycles. The van der Waals surface area contributed by atoms with E-state index in [1.165, 1.54) is 6.92 Å². The number of benzene rings is 2. The molecule has 0 atom stereocenters. The fourth-order valence-corrected chi connectivity index (χ4v) is 2.12.